The second kappa shape index (κ2) is 10.4. The second-order valence-electron chi connectivity index (χ2n) is 7.93. The summed E-state index contributed by atoms with van der Waals surface area (Å²) in [7, 11) is -4.74. The highest BCUT2D eigenvalue weighted by atomic mass is 32.2. The van der Waals surface area contributed by atoms with Crippen LogP contribution >= 0.6 is 0 Å². The lowest BCUT2D eigenvalue weighted by Crippen LogP contribution is -2.43. The molecule has 0 aliphatic carbocycles. The van der Waals surface area contributed by atoms with Crippen LogP contribution in [0.25, 0.3) is 5.57 Å². The molecule has 9 nitrogen and oxygen atoms in total. The molecule has 2 heterocycles. The predicted molar refractivity (Wildman–Crippen MR) is 129 cm³/mol. The Bertz CT molecular complexity index is 1350. The van der Waals surface area contributed by atoms with E-state index in [9.17, 15) is 26.5 Å². The summed E-state index contributed by atoms with van der Waals surface area (Å²) < 4.78 is 65.0. The minimum atomic E-state index is -4.74. The number of nitrogens with two attached hydrogens (primary N) is 1. The highest BCUT2D eigenvalue weighted by Crippen LogP contribution is 2.40. The van der Waals surface area contributed by atoms with E-state index in [1.807, 2.05) is 0 Å². The maximum Gasteiger partial charge on any atom is 0.387 e. The summed E-state index contributed by atoms with van der Waals surface area (Å²) >= 11 is 0. The van der Waals surface area contributed by atoms with Crippen LogP contribution in [0.3, 0.4) is 0 Å². The van der Waals surface area contributed by atoms with Gasteiger partial charge < -0.3 is 20.6 Å². The largest absolute Gasteiger partial charge is 0.435 e. The SMILES string of the molecule is Nc1ccc(CN2C(C=O)C(Nc3ccc(OC(F)F)cc3)=C(c3ccccc3)C2S(=O)(=O)O)cn1. The summed E-state index contributed by atoms with van der Waals surface area (Å²) in [6.45, 7) is -3.04. The Morgan fingerprint density at radius 1 is 1.11 bits per heavy atom. The van der Waals surface area contributed by atoms with Crippen molar-refractivity contribution in [2.24, 2.45) is 0 Å². The first-order valence-corrected chi connectivity index (χ1v) is 12.2. The van der Waals surface area contributed by atoms with Gasteiger partial charge in [-0.3, -0.25) is 9.45 Å². The van der Waals surface area contributed by atoms with E-state index < -0.39 is 28.1 Å². The molecule has 4 N–H and O–H groups in total. The van der Waals surface area contributed by atoms with Gasteiger partial charge >= 0.3 is 6.61 Å². The number of rotatable bonds is 9. The van der Waals surface area contributed by atoms with E-state index in [1.165, 1.54) is 41.4 Å². The molecule has 0 saturated carbocycles. The van der Waals surface area contributed by atoms with Crippen molar-refractivity contribution in [2.45, 2.75) is 24.6 Å². The van der Waals surface area contributed by atoms with Gasteiger partial charge in [0.05, 0.1) is 0 Å². The third kappa shape index (κ3) is 5.51. The highest BCUT2D eigenvalue weighted by Gasteiger charge is 2.47. The van der Waals surface area contributed by atoms with E-state index >= 15 is 0 Å². The van der Waals surface area contributed by atoms with E-state index in [0.29, 0.717) is 23.1 Å². The Labute approximate surface area is 206 Å². The number of hydrogen-bond acceptors (Lipinski definition) is 8. The zero-order chi connectivity index (χ0) is 25.9. The maximum absolute atomic E-state index is 12.7. The maximum atomic E-state index is 12.7. The van der Waals surface area contributed by atoms with Crippen molar-refractivity contribution in [1.29, 1.82) is 0 Å². The zero-order valence-corrected chi connectivity index (χ0v) is 19.5. The highest BCUT2D eigenvalue weighted by molar-refractivity contribution is 7.86. The molecule has 0 spiro atoms. The van der Waals surface area contributed by atoms with Gasteiger partial charge in [0.25, 0.3) is 10.1 Å². The number of aromatic nitrogens is 1. The fraction of sp³-hybridized carbons (Fsp3) is 0.167. The van der Waals surface area contributed by atoms with Crippen LogP contribution in [-0.4, -0.2) is 47.2 Å². The van der Waals surface area contributed by atoms with Gasteiger partial charge in [-0.25, -0.2) is 4.98 Å². The predicted octanol–water partition coefficient (Wildman–Crippen LogP) is 3.39. The fourth-order valence-electron chi connectivity index (χ4n) is 4.09. The van der Waals surface area contributed by atoms with Gasteiger partial charge in [-0.15, -0.1) is 0 Å². The number of anilines is 2. The minimum absolute atomic E-state index is 0.0518. The Kier molecular flexibility index (Phi) is 7.29. The van der Waals surface area contributed by atoms with Crippen LogP contribution < -0.4 is 15.8 Å². The van der Waals surface area contributed by atoms with Crippen LogP contribution in [-0.2, 0) is 21.5 Å². The van der Waals surface area contributed by atoms with Gasteiger partial charge in [-0.1, -0.05) is 36.4 Å². The average molecular weight is 517 g/mol. The topological polar surface area (TPSA) is 135 Å². The summed E-state index contributed by atoms with van der Waals surface area (Å²) in [6.07, 6.45) is 2.02. The molecule has 36 heavy (non-hydrogen) atoms. The van der Waals surface area contributed by atoms with Crippen molar-refractivity contribution in [1.82, 2.24) is 9.88 Å². The average Bonchev–Trinajstić information content (AvgIpc) is 3.15. The number of carbonyl (C=O) groups is 1. The molecule has 1 aromatic heterocycles. The van der Waals surface area contributed by atoms with E-state index in [1.54, 1.807) is 36.4 Å². The number of nitrogen functional groups attached to an aromatic ring is 1. The van der Waals surface area contributed by atoms with Gasteiger partial charge in [0.1, 0.15) is 23.9 Å². The molecule has 0 bridgehead atoms. The lowest BCUT2D eigenvalue weighted by atomic mass is 10.0. The molecule has 0 radical (unpaired) electrons. The number of aldehydes is 1. The molecular weight excluding hydrogens is 494 g/mol. The van der Waals surface area contributed by atoms with Gasteiger partial charge in [-0.2, -0.15) is 17.2 Å². The van der Waals surface area contributed by atoms with E-state index in [0.717, 1.165) is 0 Å². The van der Waals surface area contributed by atoms with Gasteiger partial charge in [0.15, 0.2) is 5.37 Å². The summed E-state index contributed by atoms with van der Waals surface area (Å²) in [5.41, 5.74) is 7.44. The van der Waals surface area contributed by atoms with Crippen molar-refractivity contribution in [2.75, 3.05) is 11.1 Å². The Morgan fingerprint density at radius 2 is 1.81 bits per heavy atom. The van der Waals surface area contributed by atoms with Crippen molar-refractivity contribution in [3.05, 3.63) is 89.8 Å². The molecule has 0 saturated heterocycles. The smallest absolute Gasteiger partial charge is 0.387 e. The molecule has 12 heteroatoms. The molecule has 2 atom stereocenters. The Morgan fingerprint density at radius 3 is 2.36 bits per heavy atom. The first-order chi connectivity index (χ1) is 17.2. The number of halogens is 2. The van der Waals surface area contributed by atoms with Crippen LogP contribution in [0, 0.1) is 0 Å². The van der Waals surface area contributed by atoms with Gasteiger partial charge in [0, 0.05) is 29.7 Å². The number of ether oxygens (including phenoxy) is 1. The molecule has 188 valence electrons. The standard InChI is InChI=1S/C24H22F2N4O5S/c25-24(26)35-18-9-7-17(8-10-18)29-22-19(14-31)30(13-15-6-11-20(27)28-12-15)23(36(32,33)34)21(22)16-4-2-1-3-5-16/h1-12,14,19,23-24,29H,13H2,(H2,27,28)(H,32,33,34). The fourth-order valence-corrected chi connectivity index (χ4v) is 5.20. The Balaban J connectivity index is 1.81. The summed E-state index contributed by atoms with van der Waals surface area (Å²) in [5.74, 6) is 0.197. The molecule has 3 aromatic rings. The quantitative estimate of drug-likeness (QED) is 0.289. The first-order valence-electron chi connectivity index (χ1n) is 10.7. The molecular formula is C24H22F2N4O5S. The molecule has 1 aliphatic rings. The van der Waals surface area contributed by atoms with Gasteiger partial charge in [0.2, 0.25) is 0 Å². The summed E-state index contributed by atoms with van der Waals surface area (Å²) in [4.78, 5) is 17.7. The molecule has 4 rings (SSSR count). The number of nitrogens with one attached hydrogen (secondary N) is 1. The van der Waals surface area contributed by atoms with Gasteiger partial charge in [-0.05, 0) is 41.5 Å². The van der Waals surface area contributed by atoms with Crippen LogP contribution in [0.4, 0.5) is 20.3 Å². The molecule has 1 aliphatic heterocycles. The first kappa shape index (κ1) is 25.2. The van der Waals surface area contributed by atoms with Crippen LogP contribution in [0.1, 0.15) is 11.1 Å². The minimum Gasteiger partial charge on any atom is -0.435 e. The normalized spacial score (nSPS) is 18.4. The van der Waals surface area contributed by atoms with Crippen molar-refractivity contribution in [3.63, 3.8) is 0 Å². The number of benzene rings is 2. The van der Waals surface area contributed by atoms with Crippen molar-refractivity contribution < 1.29 is 31.3 Å². The van der Waals surface area contributed by atoms with Crippen molar-refractivity contribution >= 4 is 33.5 Å². The number of carbonyl (C=O) groups excluding carboxylic acids is 1. The summed E-state index contributed by atoms with van der Waals surface area (Å²) in [5, 5.41) is 1.46. The van der Waals surface area contributed by atoms with Crippen LogP contribution in [0.15, 0.2) is 78.6 Å². The number of alkyl halides is 2. The lowest BCUT2D eigenvalue weighted by Gasteiger charge is -2.27. The monoisotopic (exact) mass is 516 g/mol. The molecule has 0 amide bonds. The molecule has 2 aromatic carbocycles. The van der Waals surface area contributed by atoms with E-state index in [-0.39, 0.29) is 29.4 Å². The third-order valence-corrected chi connectivity index (χ3v) is 6.63. The zero-order valence-electron chi connectivity index (χ0n) is 18.7. The van der Waals surface area contributed by atoms with Crippen LogP contribution in [0.2, 0.25) is 0 Å². The Hall–Kier alpha value is -3.87. The number of hydrogen-bond donors (Lipinski definition) is 3. The van der Waals surface area contributed by atoms with Crippen molar-refractivity contribution in [3.8, 4) is 5.75 Å². The molecule has 0 fully saturated rings. The van der Waals surface area contributed by atoms with Crippen LogP contribution in [0.5, 0.6) is 5.75 Å². The molecule has 2 unspecified atom stereocenters. The third-order valence-electron chi connectivity index (χ3n) is 5.56. The summed E-state index contributed by atoms with van der Waals surface area (Å²) in [6, 6.07) is 16.0. The lowest BCUT2D eigenvalue weighted by molar-refractivity contribution is -0.111. The van der Waals surface area contributed by atoms with E-state index in [2.05, 4.69) is 15.0 Å². The van der Waals surface area contributed by atoms with E-state index in [4.69, 9.17) is 5.73 Å². The number of pyridine rings is 1. The second-order valence-corrected chi connectivity index (χ2v) is 9.41. The number of nitrogens with zero attached hydrogens (tertiary/aromatic N) is 2.